The van der Waals surface area contributed by atoms with Crippen LogP contribution in [0.2, 0.25) is 5.02 Å². The highest BCUT2D eigenvalue weighted by atomic mass is 35.5. The molecule has 0 amide bonds. The van der Waals surface area contributed by atoms with E-state index in [0.717, 1.165) is 40.8 Å². The van der Waals surface area contributed by atoms with Crippen LogP contribution in [-0.2, 0) is 6.42 Å². The molecule has 22 heavy (non-hydrogen) atoms. The third-order valence-corrected chi connectivity index (χ3v) is 4.26. The first-order chi connectivity index (χ1) is 10.7. The summed E-state index contributed by atoms with van der Waals surface area (Å²) in [5, 5.41) is 11.4. The molecule has 0 aliphatic carbocycles. The van der Waals surface area contributed by atoms with Crippen LogP contribution in [0.5, 0.6) is 0 Å². The number of halogens is 1. The normalized spacial score (nSPS) is 10.6. The number of likely N-dealkylation sites (N-methyl/N-ethyl adjacent to an activating group) is 1. The van der Waals surface area contributed by atoms with Gasteiger partial charge in [0.15, 0.2) is 5.82 Å². The zero-order valence-corrected chi connectivity index (χ0v) is 13.7. The lowest BCUT2D eigenvalue weighted by Gasteiger charge is -2.16. The van der Waals surface area contributed by atoms with Crippen LogP contribution in [0.3, 0.4) is 0 Å². The Kier molecular flexibility index (Phi) is 4.65. The maximum Gasteiger partial charge on any atom is 0.151 e. The van der Waals surface area contributed by atoms with Gasteiger partial charge in [-0.3, -0.25) is 0 Å². The van der Waals surface area contributed by atoms with Crippen LogP contribution in [0.15, 0.2) is 47.3 Å². The summed E-state index contributed by atoms with van der Waals surface area (Å²) >= 11 is 7.52. The molecule has 0 aliphatic heterocycles. The van der Waals surface area contributed by atoms with Crippen molar-refractivity contribution in [2.75, 3.05) is 18.5 Å². The highest BCUT2D eigenvalue weighted by Crippen LogP contribution is 2.20. The van der Waals surface area contributed by atoms with Crippen molar-refractivity contribution in [3.8, 4) is 11.3 Å². The summed E-state index contributed by atoms with van der Waals surface area (Å²) in [6.45, 7) is 0.860. The Hall–Kier alpha value is -1.98. The van der Waals surface area contributed by atoms with E-state index in [4.69, 9.17) is 11.6 Å². The largest absolute Gasteiger partial charge is 0.358 e. The number of nitrogens with zero attached hydrogens (tertiary/aromatic N) is 4. The number of aromatic nitrogens is 3. The third-order valence-electron chi connectivity index (χ3n) is 3.37. The molecule has 3 rings (SSSR count). The highest BCUT2D eigenvalue weighted by Gasteiger charge is 2.06. The molecule has 0 unspecified atom stereocenters. The summed E-state index contributed by atoms with van der Waals surface area (Å²) in [6, 6.07) is 11.6. The summed E-state index contributed by atoms with van der Waals surface area (Å²) in [6.07, 6.45) is 0.903. The molecule has 3 aromatic rings. The van der Waals surface area contributed by atoms with Crippen molar-refractivity contribution in [1.82, 2.24) is 15.2 Å². The van der Waals surface area contributed by atoms with Gasteiger partial charge in [0.1, 0.15) is 0 Å². The Balaban J connectivity index is 1.66. The Morgan fingerprint density at radius 2 is 1.91 bits per heavy atom. The second kappa shape index (κ2) is 6.85. The predicted octanol–water partition coefficient (Wildman–Crippen LogP) is 3.93. The van der Waals surface area contributed by atoms with Crippen molar-refractivity contribution in [2.24, 2.45) is 0 Å². The van der Waals surface area contributed by atoms with E-state index in [0.29, 0.717) is 0 Å². The van der Waals surface area contributed by atoms with Crippen LogP contribution in [0.4, 0.5) is 5.82 Å². The fourth-order valence-electron chi connectivity index (χ4n) is 2.06. The average Bonchev–Trinajstić information content (AvgIpc) is 3.07. The van der Waals surface area contributed by atoms with Gasteiger partial charge < -0.3 is 4.90 Å². The molecule has 6 heteroatoms. The van der Waals surface area contributed by atoms with Crippen LogP contribution < -0.4 is 4.90 Å². The monoisotopic (exact) mass is 330 g/mol. The number of hydrogen-bond donors (Lipinski definition) is 0. The van der Waals surface area contributed by atoms with Gasteiger partial charge >= 0.3 is 0 Å². The minimum atomic E-state index is 0.718. The summed E-state index contributed by atoms with van der Waals surface area (Å²) in [5.74, 6) is 0.855. The summed E-state index contributed by atoms with van der Waals surface area (Å²) in [4.78, 5) is 6.37. The molecule has 2 heterocycles. The zero-order chi connectivity index (χ0) is 15.4. The lowest BCUT2D eigenvalue weighted by atomic mass is 10.1. The van der Waals surface area contributed by atoms with Gasteiger partial charge in [-0.25, -0.2) is 4.98 Å². The molecule has 0 aliphatic rings. The molecule has 2 aromatic heterocycles. The number of benzene rings is 1. The molecule has 0 saturated heterocycles. The van der Waals surface area contributed by atoms with Crippen molar-refractivity contribution < 1.29 is 0 Å². The van der Waals surface area contributed by atoms with Gasteiger partial charge in [0, 0.05) is 36.0 Å². The van der Waals surface area contributed by atoms with E-state index in [1.54, 1.807) is 11.3 Å². The lowest BCUT2D eigenvalue weighted by Crippen LogP contribution is -2.21. The van der Waals surface area contributed by atoms with E-state index in [9.17, 15) is 0 Å². The smallest absolute Gasteiger partial charge is 0.151 e. The average molecular weight is 331 g/mol. The van der Waals surface area contributed by atoms with E-state index in [1.165, 1.54) is 0 Å². The minimum absolute atomic E-state index is 0.718. The molecule has 0 atom stereocenters. The van der Waals surface area contributed by atoms with Crippen molar-refractivity contribution >= 4 is 28.8 Å². The topological polar surface area (TPSA) is 41.9 Å². The van der Waals surface area contributed by atoms with Gasteiger partial charge in [-0.05, 0) is 24.3 Å². The molecule has 0 spiro atoms. The van der Waals surface area contributed by atoms with Crippen molar-refractivity contribution in [3.05, 3.63) is 58.0 Å². The predicted molar refractivity (Wildman–Crippen MR) is 91.6 cm³/mol. The number of anilines is 1. The van der Waals surface area contributed by atoms with E-state index >= 15 is 0 Å². The summed E-state index contributed by atoms with van der Waals surface area (Å²) < 4.78 is 0. The lowest BCUT2D eigenvalue weighted by molar-refractivity contribution is 0.828. The van der Waals surface area contributed by atoms with E-state index in [-0.39, 0.29) is 0 Å². The first kappa shape index (κ1) is 14.9. The quantitative estimate of drug-likeness (QED) is 0.710. The highest BCUT2D eigenvalue weighted by molar-refractivity contribution is 7.07. The molecule has 1 aromatic carbocycles. The number of rotatable bonds is 5. The van der Waals surface area contributed by atoms with E-state index in [2.05, 4.69) is 25.5 Å². The van der Waals surface area contributed by atoms with Gasteiger partial charge in [-0.2, -0.15) is 0 Å². The number of thiazole rings is 1. The first-order valence-corrected chi connectivity index (χ1v) is 8.22. The van der Waals surface area contributed by atoms with E-state index < -0.39 is 0 Å². The maximum absolute atomic E-state index is 5.90. The third kappa shape index (κ3) is 3.61. The fraction of sp³-hybridized carbons (Fsp3) is 0.188. The zero-order valence-electron chi connectivity index (χ0n) is 12.1. The van der Waals surface area contributed by atoms with Crippen LogP contribution >= 0.6 is 22.9 Å². The second-order valence-electron chi connectivity index (χ2n) is 4.94. The standard InChI is InChI=1S/C16H15ClN4S/c1-21(9-8-14-10-22-11-18-14)16-7-6-15(19-20-16)12-2-4-13(17)5-3-12/h2-7,10-11H,8-9H2,1H3. The Morgan fingerprint density at radius 1 is 1.09 bits per heavy atom. The Morgan fingerprint density at radius 3 is 2.55 bits per heavy atom. The van der Waals surface area contributed by atoms with Gasteiger partial charge in [0.25, 0.3) is 0 Å². The second-order valence-corrected chi connectivity index (χ2v) is 6.09. The van der Waals surface area contributed by atoms with Gasteiger partial charge in [0.05, 0.1) is 16.9 Å². The fourth-order valence-corrected chi connectivity index (χ4v) is 2.78. The molecular weight excluding hydrogens is 316 g/mol. The molecule has 0 bridgehead atoms. The minimum Gasteiger partial charge on any atom is -0.358 e. The molecule has 0 fully saturated rings. The molecule has 0 N–H and O–H groups in total. The molecular formula is C16H15ClN4S. The van der Waals surface area contributed by atoms with Gasteiger partial charge in [-0.1, -0.05) is 23.7 Å². The Bertz CT molecular complexity index is 711. The molecule has 112 valence electrons. The van der Waals surface area contributed by atoms with Gasteiger partial charge in [0.2, 0.25) is 0 Å². The van der Waals surface area contributed by atoms with Crippen LogP contribution in [0, 0.1) is 0 Å². The molecule has 0 saturated carbocycles. The SMILES string of the molecule is CN(CCc1cscn1)c1ccc(-c2ccc(Cl)cc2)nn1. The van der Waals surface area contributed by atoms with Crippen LogP contribution in [0.25, 0.3) is 11.3 Å². The van der Waals surface area contributed by atoms with Crippen molar-refractivity contribution in [3.63, 3.8) is 0 Å². The van der Waals surface area contributed by atoms with Gasteiger partial charge in [-0.15, -0.1) is 21.5 Å². The molecule has 4 nitrogen and oxygen atoms in total. The van der Waals surface area contributed by atoms with E-state index in [1.807, 2.05) is 49.0 Å². The number of hydrogen-bond acceptors (Lipinski definition) is 5. The molecule has 0 radical (unpaired) electrons. The summed E-state index contributed by atoms with van der Waals surface area (Å²) in [5.41, 5.74) is 4.82. The maximum atomic E-state index is 5.90. The summed E-state index contributed by atoms with van der Waals surface area (Å²) in [7, 11) is 2.01. The Labute approximate surface area is 138 Å². The van der Waals surface area contributed by atoms with Crippen molar-refractivity contribution in [1.29, 1.82) is 0 Å². The van der Waals surface area contributed by atoms with Crippen molar-refractivity contribution in [2.45, 2.75) is 6.42 Å². The first-order valence-electron chi connectivity index (χ1n) is 6.90. The van der Waals surface area contributed by atoms with Crippen LogP contribution in [-0.4, -0.2) is 28.8 Å². The van der Waals surface area contributed by atoms with Crippen LogP contribution in [0.1, 0.15) is 5.69 Å².